The van der Waals surface area contributed by atoms with Gasteiger partial charge in [-0.15, -0.1) is 0 Å². The Labute approximate surface area is 137 Å². The molecule has 23 heavy (non-hydrogen) atoms. The van der Waals surface area contributed by atoms with Crippen LogP contribution in [0.15, 0.2) is 29.2 Å². The quantitative estimate of drug-likeness (QED) is 0.877. The van der Waals surface area contributed by atoms with Crippen LogP contribution in [0.5, 0.6) is 0 Å². The van der Waals surface area contributed by atoms with Gasteiger partial charge in [0.15, 0.2) is 0 Å². The molecule has 1 aromatic carbocycles. The normalized spacial score (nSPS) is 16.8. The Bertz CT molecular complexity index is 631. The van der Waals surface area contributed by atoms with Crippen molar-refractivity contribution >= 4 is 15.9 Å². The van der Waals surface area contributed by atoms with E-state index in [1.165, 1.54) is 16.4 Å². The fourth-order valence-corrected chi connectivity index (χ4v) is 4.19. The van der Waals surface area contributed by atoms with Crippen LogP contribution in [0.2, 0.25) is 0 Å². The van der Waals surface area contributed by atoms with Gasteiger partial charge >= 0.3 is 0 Å². The Morgan fingerprint density at radius 2 is 1.70 bits per heavy atom. The molecule has 1 heterocycles. The third kappa shape index (κ3) is 3.91. The average Bonchev–Trinajstić information content (AvgIpc) is 2.56. The monoisotopic (exact) mass is 340 g/mol. The maximum absolute atomic E-state index is 12.4. The van der Waals surface area contributed by atoms with Gasteiger partial charge in [0.1, 0.15) is 0 Å². The Morgan fingerprint density at radius 1 is 1.17 bits per heavy atom. The molecule has 1 aliphatic rings. The molecule has 0 saturated carbocycles. The van der Waals surface area contributed by atoms with E-state index in [0.717, 1.165) is 0 Å². The number of carbonyl (C=O) groups excluding carboxylic acids is 1. The van der Waals surface area contributed by atoms with Crippen molar-refractivity contribution in [1.82, 2.24) is 9.21 Å². The number of hydrogen-bond donors (Lipinski definition) is 1. The zero-order chi connectivity index (χ0) is 17.0. The highest BCUT2D eigenvalue weighted by Gasteiger charge is 2.24. The van der Waals surface area contributed by atoms with Crippen molar-refractivity contribution in [2.45, 2.75) is 37.7 Å². The van der Waals surface area contributed by atoms with Crippen LogP contribution in [0.1, 0.15) is 37.0 Å². The molecule has 2 rings (SSSR count). The topological polar surface area (TPSA) is 77.9 Å². The van der Waals surface area contributed by atoms with Gasteiger partial charge in [-0.3, -0.25) is 4.79 Å². The summed E-state index contributed by atoms with van der Waals surface area (Å²) in [7, 11) is -3.50. The summed E-state index contributed by atoms with van der Waals surface area (Å²) in [5.41, 5.74) is 0.472. The second-order valence-corrected chi connectivity index (χ2v) is 7.58. The molecule has 6 nitrogen and oxygen atoms in total. The van der Waals surface area contributed by atoms with E-state index in [0.29, 0.717) is 44.6 Å². The fourth-order valence-electron chi connectivity index (χ4n) is 2.73. The van der Waals surface area contributed by atoms with E-state index in [4.69, 9.17) is 0 Å². The van der Waals surface area contributed by atoms with Crippen LogP contribution in [-0.2, 0) is 10.0 Å². The summed E-state index contributed by atoms with van der Waals surface area (Å²) in [5.74, 6) is -0.122. The summed E-state index contributed by atoms with van der Waals surface area (Å²) in [5, 5.41) is 9.49. The van der Waals surface area contributed by atoms with E-state index in [9.17, 15) is 18.3 Å². The number of likely N-dealkylation sites (tertiary alicyclic amines) is 1. The van der Waals surface area contributed by atoms with Crippen molar-refractivity contribution in [3.63, 3.8) is 0 Å². The second kappa shape index (κ2) is 7.42. The van der Waals surface area contributed by atoms with Gasteiger partial charge in [0, 0.05) is 31.7 Å². The van der Waals surface area contributed by atoms with E-state index in [1.807, 2.05) is 0 Å². The van der Waals surface area contributed by atoms with Crippen molar-refractivity contribution in [1.29, 1.82) is 0 Å². The number of rotatable bonds is 5. The number of hydrogen-bond acceptors (Lipinski definition) is 4. The molecule has 7 heteroatoms. The van der Waals surface area contributed by atoms with Gasteiger partial charge in [-0.1, -0.05) is 13.8 Å². The van der Waals surface area contributed by atoms with E-state index in [2.05, 4.69) is 0 Å². The Balaban J connectivity index is 2.15. The molecule has 0 atom stereocenters. The predicted octanol–water partition coefficient (Wildman–Crippen LogP) is 1.31. The summed E-state index contributed by atoms with van der Waals surface area (Å²) in [6.45, 7) is 5.47. The third-order valence-electron chi connectivity index (χ3n) is 4.20. The first-order valence-electron chi connectivity index (χ1n) is 7.97. The van der Waals surface area contributed by atoms with Crippen molar-refractivity contribution in [2.24, 2.45) is 0 Å². The number of amides is 1. The Kier molecular flexibility index (Phi) is 5.78. The minimum absolute atomic E-state index is 0.122. The zero-order valence-electron chi connectivity index (χ0n) is 13.6. The molecule has 0 radical (unpaired) electrons. The highest BCUT2D eigenvalue weighted by molar-refractivity contribution is 7.89. The number of piperidine rings is 1. The van der Waals surface area contributed by atoms with E-state index >= 15 is 0 Å². The van der Waals surface area contributed by atoms with Crippen molar-refractivity contribution in [3.8, 4) is 0 Å². The number of sulfonamides is 1. The molecule has 0 unspecified atom stereocenters. The van der Waals surface area contributed by atoms with Crippen LogP contribution in [-0.4, -0.2) is 60.9 Å². The molecule has 0 bridgehead atoms. The predicted molar refractivity (Wildman–Crippen MR) is 87.7 cm³/mol. The number of aliphatic hydroxyl groups is 1. The molecule has 0 aromatic heterocycles. The summed E-state index contributed by atoms with van der Waals surface area (Å²) in [4.78, 5) is 14.3. The molecule has 1 aliphatic heterocycles. The summed E-state index contributed by atoms with van der Waals surface area (Å²) in [6.07, 6.45) is 0.834. The highest BCUT2D eigenvalue weighted by atomic mass is 32.2. The van der Waals surface area contributed by atoms with Gasteiger partial charge in [0.25, 0.3) is 5.91 Å². The molecular formula is C16H24N2O4S. The molecule has 1 saturated heterocycles. The Morgan fingerprint density at radius 3 is 2.17 bits per heavy atom. The maximum atomic E-state index is 12.4. The standard InChI is InChI=1S/C16H24N2O4S/c1-3-18(4-2)23(21,22)15-7-5-13(6-8-15)16(20)17-11-9-14(19)10-12-17/h5-8,14,19H,3-4,9-12H2,1-2H3. The summed E-state index contributed by atoms with van der Waals surface area (Å²) >= 11 is 0. The lowest BCUT2D eigenvalue weighted by Gasteiger charge is -2.29. The van der Waals surface area contributed by atoms with E-state index in [-0.39, 0.29) is 16.9 Å². The van der Waals surface area contributed by atoms with E-state index in [1.54, 1.807) is 30.9 Å². The molecule has 1 amide bonds. The van der Waals surface area contributed by atoms with Gasteiger partial charge in [0.05, 0.1) is 11.0 Å². The SMILES string of the molecule is CCN(CC)S(=O)(=O)c1ccc(C(=O)N2CCC(O)CC2)cc1. The van der Waals surface area contributed by atoms with Gasteiger partial charge in [-0.25, -0.2) is 8.42 Å². The largest absolute Gasteiger partial charge is 0.393 e. The minimum Gasteiger partial charge on any atom is -0.393 e. The number of aliphatic hydroxyl groups excluding tert-OH is 1. The van der Waals surface area contributed by atoms with E-state index < -0.39 is 10.0 Å². The van der Waals surface area contributed by atoms with Gasteiger partial charge in [-0.2, -0.15) is 4.31 Å². The van der Waals surface area contributed by atoms with Crippen molar-refractivity contribution < 1.29 is 18.3 Å². The van der Waals surface area contributed by atoms with Crippen LogP contribution < -0.4 is 0 Å². The van der Waals surface area contributed by atoms with Crippen molar-refractivity contribution in [2.75, 3.05) is 26.2 Å². The summed E-state index contributed by atoms with van der Waals surface area (Å²) < 4.78 is 26.2. The minimum atomic E-state index is -3.50. The first-order chi connectivity index (χ1) is 10.9. The van der Waals surface area contributed by atoms with Gasteiger partial charge < -0.3 is 10.0 Å². The zero-order valence-corrected chi connectivity index (χ0v) is 14.4. The van der Waals surface area contributed by atoms with Crippen LogP contribution in [0.25, 0.3) is 0 Å². The second-order valence-electron chi connectivity index (χ2n) is 5.64. The molecular weight excluding hydrogens is 316 g/mol. The van der Waals surface area contributed by atoms with Crippen LogP contribution in [0, 0.1) is 0 Å². The lowest BCUT2D eigenvalue weighted by atomic mass is 10.1. The molecule has 128 valence electrons. The number of benzene rings is 1. The van der Waals surface area contributed by atoms with Crippen LogP contribution >= 0.6 is 0 Å². The fraction of sp³-hybridized carbons (Fsp3) is 0.562. The maximum Gasteiger partial charge on any atom is 0.253 e. The molecule has 1 aromatic rings. The third-order valence-corrected chi connectivity index (χ3v) is 6.26. The molecule has 1 N–H and O–H groups in total. The Hall–Kier alpha value is -1.44. The molecule has 0 aliphatic carbocycles. The molecule has 1 fully saturated rings. The van der Waals surface area contributed by atoms with Crippen molar-refractivity contribution in [3.05, 3.63) is 29.8 Å². The first-order valence-corrected chi connectivity index (χ1v) is 9.41. The van der Waals surface area contributed by atoms with Crippen LogP contribution in [0.4, 0.5) is 0 Å². The lowest BCUT2D eigenvalue weighted by molar-refractivity contribution is 0.0546. The number of carbonyl (C=O) groups is 1. The van der Waals surface area contributed by atoms with Gasteiger partial charge in [-0.05, 0) is 37.1 Å². The lowest BCUT2D eigenvalue weighted by Crippen LogP contribution is -2.40. The van der Waals surface area contributed by atoms with Gasteiger partial charge in [0.2, 0.25) is 10.0 Å². The summed E-state index contributed by atoms with van der Waals surface area (Å²) in [6, 6.07) is 6.09. The number of nitrogens with zero attached hydrogens (tertiary/aromatic N) is 2. The highest BCUT2D eigenvalue weighted by Crippen LogP contribution is 2.18. The average molecular weight is 340 g/mol. The first kappa shape index (κ1) is 17.9. The molecule has 0 spiro atoms. The van der Waals surface area contributed by atoms with Crippen LogP contribution in [0.3, 0.4) is 0 Å². The smallest absolute Gasteiger partial charge is 0.253 e.